The lowest BCUT2D eigenvalue weighted by atomic mass is 9.96. The van der Waals surface area contributed by atoms with Crippen LogP contribution in [0.1, 0.15) is 41.0 Å². The molecule has 1 saturated heterocycles. The number of ether oxygens (including phenoxy) is 2. The number of carbonyl (C=O) groups is 2. The Morgan fingerprint density at radius 2 is 1.84 bits per heavy atom. The molecule has 10 nitrogen and oxygen atoms in total. The predicted octanol–water partition coefficient (Wildman–Crippen LogP) is 6.13. The number of anilines is 1. The van der Waals surface area contributed by atoms with Gasteiger partial charge in [-0.2, -0.15) is 0 Å². The minimum Gasteiger partial charge on any atom is -0.505 e. The van der Waals surface area contributed by atoms with E-state index in [9.17, 15) is 14.7 Å². The summed E-state index contributed by atoms with van der Waals surface area (Å²) in [5.41, 5.74) is 3.94. The van der Waals surface area contributed by atoms with Crippen LogP contribution in [-0.2, 0) is 15.3 Å². The first-order chi connectivity index (χ1) is 21.3. The largest absolute Gasteiger partial charge is 0.505 e. The minimum atomic E-state index is -1.02. The Hall–Kier alpha value is -4.68. The lowest BCUT2D eigenvalue weighted by Gasteiger charge is -2.23. The molecule has 4 heterocycles. The molecule has 3 aromatic heterocycles. The number of benzene rings is 2. The van der Waals surface area contributed by atoms with Crippen LogP contribution in [0.25, 0.3) is 11.4 Å². The van der Waals surface area contributed by atoms with Crippen LogP contribution in [0, 0.1) is 13.8 Å². The number of hydrogen-bond donors (Lipinski definition) is 1. The maximum Gasteiger partial charge on any atom is 0.301 e. The first-order valence-electron chi connectivity index (χ1n) is 13.9. The Kier molecular flexibility index (Phi) is 8.11. The summed E-state index contributed by atoms with van der Waals surface area (Å²) in [6.07, 6.45) is 1.84. The molecule has 1 amide bonds. The highest BCUT2D eigenvalue weighted by molar-refractivity contribution is 8.00. The number of aliphatic hydroxyl groups excluding tert-OH is 1. The second-order valence-corrected chi connectivity index (χ2v) is 12.2. The zero-order valence-electron chi connectivity index (χ0n) is 24.5. The molecule has 0 aliphatic carbocycles. The summed E-state index contributed by atoms with van der Waals surface area (Å²) < 4.78 is 13.8. The van der Waals surface area contributed by atoms with Crippen molar-refractivity contribution in [3.63, 3.8) is 0 Å². The van der Waals surface area contributed by atoms with Gasteiger partial charge in [0.25, 0.3) is 5.78 Å². The number of imidazole rings is 1. The van der Waals surface area contributed by atoms with Gasteiger partial charge < -0.3 is 19.0 Å². The van der Waals surface area contributed by atoms with Crippen molar-refractivity contribution in [2.45, 2.75) is 36.9 Å². The minimum absolute atomic E-state index is 0.0981. The highest BCUT2D eigenvalue weighted by Crippen LogP contribution is 2.46. The van der Waals surface area contributed by atoms with Crippen molar-refractivity contribution in [2.75, 3.05) is 18.6 Å². The Morgan fingerprint density at radius 3 is 2.57 bits per heavy atom. The van der Waals surface area contributed by atoms with Gasteiger partial charge >= 0.3 is 5.91 Å². The van der Waals surface area contributed by atoms with Crippen LogP contribution >= 0.6 is 23.1 Å². The van der Waals surface area contributed by atoms with E-state index in [1.54, 1.807) is 25.1 Å². The first kappa shape index (κ1) is 29.4. The average molecular weight is 628 g/mol. The zero-order chi connectivity index (χ0) is 31.0. The molecule has 1 aliphatic heterocycles. The van der Waals surface area contributed by atoms with E-state index in [0.717, 1.165) is 11.1 Å². The molecule has 1 atom stereocenters. The number of pyridine rings is 1. The van der Waals surface area contributed by atoms with Crippen molar-refractivity contribution in [1.29, 1.82) is 0 Å². The van der Waals surface area contributed by atoms with Crippen LogP contribution in [0.4, 0.5) is 5.13 Å². The fraction of sp³-hybridized carbons (Fsp3) is 0.219. The number of rotatable bonds is 9. The number of methoxy groups -OCH3 is 1. The molecule has 1 fully saturated rings. The molecule has 2 aromatic carbocycles. The fourth-order valence-electron chi connectivity index (χ4n) is 5.23. The third-order valence-electron chi connectivity index (χ3n) is 7.36. The summed E-state index contributed by atoms with van der Waals surface area (Å²) in [6, 6.07) is 17.9. The number of thioether (sulfide) groups is 1. The second-order valence-electron chi connectivity index (χ2n) is 10.1. The van der Waals surface area contributed by atoms with Crippen molar-refractivity contribution >= 4 is 51.3 Å². The summed E-state index contributed by atoms with van der Waals surface area (Å²) >= 11 is 2.69. The maximum atomic E-state index is 13.8. The number of hydrogen-bond acceptors (Lipinski definition) is 10. The van der Waals surface area contributed by atoms with Crippen LogP contribution in [0.2, 0.25) is 0 Å². The third kappa shape index (κ3) is 5.20. The molecule has 1 unspecified atom stereocenters. The van der Waals surface area contributed by atoms with Gasteiger partial charge in [-0.05, 0) is 55.7 Å². The second kappa shape index (κ2) is 12.1. The van der Waals surface area contributed by atoms with Crippen molar-refractivity contribution < 1.29 is 24.2 Å². The highest BCUT2D eigenvalue weighted by atomic mass is 32.2. The van der Waals surface area contributed by atoms with E-state index in [0.29, 0.717) is 45.1 Å². The molecule has 0 bridgehead atoms. The van der Waals surface area contributed by atoms with Crippen molar-refractivity contribution in [2.24, 2.45) is 0 Å². The van der Waals surface area contributed by atoms with Gasteiger partial charge in [0, 0.05) is 11.9 Å². The van der Waals surface area contributed by atoms with Gasteiger partial charge in [-0.3, -0.25) is 14.5 Å². The van der Waals surface area contributed by atoms with Gasteiger partial charge in [-0.25, -0.2) is 4.98 Å². The van der Waals surface area contributed by atoms with E-state index in [4.69, 9.17) is 9.47 Å². The van der Waals surface area contributed by atoms with Crippen molar-refractivity contribution in [1.82, 2.24) is 19.6 Å². The van der Waals surface area contributed by atoms with Crippen molar-refractivity contribution in [3.8, 4) is 11.5 Å². The standard InChI is InChI=1S/C32H29N5O5S2/c1-5-42-22-14-13-21(16-23(22)41-4)26-24(27(38)25-19(3)36-15-9-10-18(2)29(36)33-25)28(39)30(40)37(26)31-34-35-32(44-31)43-17-20-11-7-6-8-12-20/h6-16,26,38H,5,17H2,1-4H3. The lowest BCUT2D eigenvalue weighted by molar-refractivity contribution is -0.132. The summed E-state index contributed by atoms with van der Waals surface area (Å²) in [7, 11) is 1.52. The number of Topliss-reactive ketones (excluding diaryl/α,β-unsaturated/α-hetero) is 1. The Balaban J connectivity index is 1.48. The summed E-state index contributed by atoms with van der Waals surface area (Å²) in [5, 5.41) is 20.6. The van der Waals surface area contributed by atoms with E-state index < -0.39 is 17.7 Å². The normalized spacial score (nSPS) is 16.2. The third-order valence-corrected chi connectivity index (χ3v) is 9.49. The van der Waals surface area contributed by atoms with Crippen LogP contribution in [0.3, 0.4) is 0 Å². The molecule has 0 radical (unpaired) electrons. The lowest BCUT2D eigenvalue weighted by Crippen LogP contribution is -2.29. The highest BCUT2D eigenvalue weighted by Gasteiger charge is 2.49. The van der Waals surface area contributed by atoms with E-state index in [1.807, 2.05) is 66.9 Å². The number of amides is 1. The number of carbonyl (C=O) groups excluding carboxylic acids is 2. The SMILES string of the molecule is CCOc1ccc(C2C(=C(O)c3nc4c(C)cccn4c3C)C(=O)C(=O)N2c2nnc(SCc3ccccc3)s2)cc1OC. The topological polar surface area (TPSA) is 119 Å². The summed E-state index contributed by atoms with van der Waals surface area (Å²) in [4.78, 5) is 33.5. The summed E-state index contributed by atoms with van der Waals surface area (Å²) in [6.45, 7) is 6.01. The molecule has 1 N–H and O–H groups in total. The van der Waals surface area contributed by atoms with E-state index in [-0.39, 0.29) is 22.2 Å². The van der Waals surface area contributed by atoms with Gasteiger partial charge in [0.2, 0.25) is 5.13 Å². The van der Waals surface area contributed by atoms with Crippen LogP contribution in [0.15, 0.2) is 76.8 Å². The quantitative estimate of drug-likeness (QED) is 0.0677. The molecular formula is C32H29N5O5S2. The van der Waals surface area contributed by atoms with Gasteiger partial charge in [-0.1, -0.05) is 65.6 Å². The Bertz CT molecular complexity index is 1920. The molecular weight excluding hydrogens is 599 g/mol. The number of aryl methyl sites for hydroxylation is 2. The van der Waals surface area contributed by atoms with E-state index >= 15 is 0 Å². The number of fused-ring (bicyclic) bond motifs is 1. The number of nitrogens with zero attached hydrogens (tertiary/aromatic N) is 5. The number of aromatic nitrogens is 4. The van der Waals surface area contributed by atoms with Crippen LogP contribution < -0.4 is 14.4 Å². The van der Waals surface area contributed by atoms with Gasteiger partial charge in [0.1, 0.15) is 11.3 Å². The molecule has 224 valence electrons. The van der Waals surface area contributed by atoms with Crippen molar-refractivity contribution in [3.05, 3.63) is 101 Å². The Morgan fingerprint density at radius 1 is 1.05 bits per heavy atom. The number of aliphatic hydroxyl groups is 1. The molecule has 44 heavy (non-hydrogen) atoms. The molecule has 0 spiro atoms. The molecule has 6 rings (SSSR count). The first-order valence-corrected chi connectivity index (χ1v) is 15.7. The molecule has 0 saturated carbocycles. The van der Waals surface area contributed by atoms with Crippen LogP contribution in [0.5, 0.6) is 11.5 Å². The van der Waals surface area contributed by atoms with E-state index in [2.05, 4.69) is 15.2 Å². The zero-order valence-corrected chi connectivity index (χ0v) is 26.1. The van der Waals surface area contributed by atoms with Gasteiger partial charge in [0.05, 0.1) is 31.0 Å². The Labute approximate surface area is 262 Å². The molecule has 1 aliphatic rings. The predicted molar refractivity (Wildman–Crippen MR) is 170 cm³/mol. The fourth-order valence-corrected chi connectivity index (χ4v) is 7.05. The average Bonchev–Trinajstić information content (AvgIpc) is 3.72. The van der Waals surface area contributed by atoms with Gasteiger partial charge in [-0.15, -0.1) is 10.2 Å². The van der Waals surface area contributed by atoms with E-state index in [1.165, 1.54) is 35.1 Å². The number of ketones is 1. The van der Waals surface area contributed by atoms with Gasteiger partial charge in [0.15, 0.2) is 21.6 Å². The smallest absolute Gasteiger partial charge is 0.301 e. The van der Waals surface area contributed by atoms with Crippen LogP contribution in [-0.4, -0.2) is 50.1 Å². The maximum absolute atomic E-state index is 13.8. The molecule has 12 heteroatoms. The monoisotopic (exact) mass is 627 g/mol. The molecule has 5 aromatic rings. The summed E-state index contributed by atoms with van der Waals surface area (Å²) in [5.74, 6) is -0.434.